The van der Waals surface area contributed by atoms with Gasteiger partial charge in [0, 0.05) is 52.8 Å². The van der Waals surface area contributed by atoms with Crippen molar-refractivity contribution in [2.75, 3.05) is 46.5 Å². The predicted molar refractivity (Wildman–Crippen MR) is 105 cm³/mol. The number of carbonyl (C=O) groups is 1. The van der Waals surface area contributed by atoms with Crippen LogP contribution in [0.15, 0.2) is 4.99 Å². The third-order valence-corrected chi connectivity index (χ3v) is 4.90. The largest absolute Gasteiger partial charge is 0.444 e. The van der Waals surface area contributed by atoms with Gasteiger partial charge in [0.2, 0.25) is 0 Å². The number of ether oxygens (including phenoxy) is 3. The molecule has 2 aliphatic heterocycles. The number of guanidine groups is 1. The number of methoxy groups -OCH3 is 1. The average molecular weight is 385 g/mol. The summed E-state index contributed by atoms with van der Waals surface area (Å²) in [7, 11) is 1.75. The standard InChI is InChI=1S/C19H36N4O4/c1-6-20-16(21-14-19(25-5)8-11-26-12-9-19)23-10-7-15(13-23)22-17(24)27-18(2,3)4/h15H,6-14H2,1-5H3,(H,20,21)(H,22,24). The highest BCUT2D eigenvalue weighted by Crippen LogP contribution is 2.25. The molecule has 2 heterocycles. The van der Waals surface area contributed by atoms with Gasteiger partial charge < -0.3 is 29.7 Å². The Morgan fingerprint density at radius 2 is 2.04 bits per heavy atom. The molecule has 0 aliphatic carbocycles. The zero-order chi connectivity index (χ0) is 19.9. The van der Waals surface area contributed by atoms with Crippen molar-refractivity contribution < 1.29 is 19.0 Å². The summed E-state index contributed by atoms with van der Waals surface area (Å²) in [6.45, 7) is 12.0. The number of carbonyl (C=O) groups excluding carboxylic acids is 1. The minimum Gasteiger partial charge on any atom is -0.444 e. The topological polar surface area (TPSA) is 84.4 Å². The van der Waals surface area contributed by atoms with Crippen LogP contribution in [0.2, 0.25) is 0 Å². The number of alkyl carbamates (subject to hydrolysis) is 1. The average Bonchev–Trinajstić information content (AvgIpc) is 3.06. The van der Waals surface area contributed by atoms with Gasteiger partial charge in [-0.25, -0.2) is 4.79 Å². The van der Waals surface area contributed by atoms with Crippen LogP contribution in [-0.2, 0) is 14.2 Å². The molecule has 2 saturated heterocycles. The number of hydrogen-bond acceptors (Lipinski definition) is 5. The van der Waals surface area contributed by atoms with E-state index in [4.69, 9.17) is 19.2 Å². The second kappa shape index (κ2) is 9.59. The third kappa shape index (κ3) is 6.84. The molecule has 156 valence electrons. The number of nitrogens with zero attached hydrogens (tertiary/aromatic N) is 2. The van der Waals surface area contributed by atoms with E-state index in [0.717, 1.165) is 38.3 Å². The summed E-state index contributed by atoms with van der Waals surface area (Å²) in [5.74, 6) is 0.869. The molecule has 2 rings (SSSR count). The summed E-state index contributed by atoms with van der Waals surface area (Å²) in [4.78, 5) is 19.0. The highest BCUT2D eigenvalue weighted by atomic mass is 16.6. The number of aliphatic imine (C=N–C) groups is 1. The monoisotopic (exact) mass is 384 g/mol. The van der Waals surface area contributed by atoms with Crippen molar-refractivity contribution in [1.29, 1.82) is 0 Å². The molecule has 0 aromatic rings. The number of nitrogens with one attached hydrogen (secondary N) is 2. The Kier molecular flexibility index (Phi) is 7.73. The van der Waals surface area contributed by atoms with Crippen LogP contribution in [0.1, 0.15) is 47.0 Å². The summed E-state index contributed by atoms with van der Waals surface area (Å²) in [6.07, 6.45) is 2.22. The molecule has 0 aromatic heterocycles. The van der Waals surface area contributed by atoms with Crippen molar-refractivity contribution in [3.63, 3.8) is 0 Å². The molecule has 27 heavy (non-hydrogen) atoms. The Balaban J connectivity index is 1.93. The Morgan fingerprint density at radius 1 is 1.33 bits per heavy atom. The first-order valence-electron chi connectivity index (χ1n) is 9.92. The summed E-state index contributed by atoms with van der Waals surface area (Å²) in [6, 6.07) is 0.0585. The molecule has 8 nitrogen and oxygen atoms in total. The zero-order valence-electron chi connectivity index (χ0n) is 17.5. The summed E-state index contributed by atoms with van der Waals surface area (Å²) < 4.78 is 16.6. The SMILES string of the molecule is CCNC(=NCC1(OC)CCOCC1)N1CCC(NC(=O)OC(C)(C)C)C1. The van der Waals surface area contributed by atoms with Gasteiger partial charge in [-0.3, -0.25) is 4.99 Å². The van der Waals surface area contributed by atoms with Gasteiger partial charge in [0.05, 0.1) is 18.2 Å². The Morgan fingerprint density at radius 3 is 2.63 bits per heavy atom. The second-order valence-electron chi connectivity index (χ2n) is 8.25. The zero-order valence-corrected chi connectivity index (χ0v) is 17.5. The molecule has 0 radical (unpaired) electrons. The van der Waals surface area contributed by atoms with E-state index in [1.165, 1.54) is 0 Å². The predicted octanol–water partition coefficient (Wildman–Crippen LogP) is 1.75. The maximum absolute atomic E-state index is 12.0. The van der Waals surface area contributed by atoms with E-state index in [2.05, 4.69) is 22.5 Å². The summed E-state index contributed by atoms with van der Waals surface area (Å²) in [5, 5.41) is 6.32. The molecule has 1 amide bonds. The van der Waals surface area contributed by atoms with Crippen molar-refractivity contribution in [2.24, 2.45) is 4.99 Å². The van der Waals surface area contributed by atoms with Crippen molar-refractivity contribution >= 4 is 12.1 Å². The first kappa shape index (κ1) is 21.8. The van der Waals surface area contributed by atoms with Gasteiger partial charge in [0.25, 0.3) is 0 Å². The van der Waals surface area contributed by atoms with E-state index in [9.17, 15) is 4.79 Å². The lowest BCUT2D eigenvalue weighted by Crippen LogP contribution is -2.46. The van der Waals surface area contributed by atoms with Crippen LogP contribution in [0, 0.1) is 0 Å². The second-order valence-corrected chi connectivity index (χ2v) is 8.25. The Bertz CT molecular complexity index is 512. The fraction of sp³-hybridized carbons (Fsp3) is 0.895. The molecule has 0 bridgehead atoms. The van der Waals surface area contributed by atoms with Gasteiger partial charge in [-0.2, -0.15) is 0 Å². The van der Waals surface area contributed by atoms with Crippen molar-refractivity contribution in [3.05, 3.63) is 0 Å². The number of rotatable bonds is 5. The number of likely N-dealkylation sites (tertiary alicyclic amines) is 1. The van der Waals surface area contributed by atoms with E-state index >= 15 is 0 Å². The van der Waals surface area contributed by atoms with Crippen molar-refractivity contribution in [3.8, 4) is 0 Å². The lowest BCUT2D eigenvalue weighted by Gasteiger charge is -2.35. The quantitative estimate of drug-likeness (QED) is 0.555. The molecular formula is C19H36N4O4. The summed E-state index contributed by atoms with van der Waals surface area (Å²) >= 11 is 0. The smallest absolute Gasteiger partial charge is 0.407 e. The molecule has 2 N–H and O–H groups in total. The van der Waals surface area contributed by atoms with E-state index < -0.39 is 5.60 Å². The number of amides is 1. The fourth-order valence-electron chi connectivity index (χ4n) is 3.36. The normalized spacial score (nSPS) is 23.2. The van der Waals surface area contributed by atoms with E-state index in [1.807, 2.05) is 20.8 Å². The van der Waals surface area contributed by atoms with Gasteiger partial charge in [0.1, 0.15) is 5.60 Å². The molecule has 1 unspecified atom stereocenters. The molecule has 0 aromatic carbocycles. The van der Waals surface area contributed by atoms with Crippen LogP contribution in [0.25, 0.3) is 0 Å². The van der Waals surface area contributed by atoms with E-state index in [-0.39, 0.29) is 17.7 Å². The fourth-order valence-corrected chi connectivity index (χ4v) is 3.36. The number of hydrogen-bond donors (Lipinski definition) is 2. The van der Waals surface area contributed by atoms with Crippen LogP contribution in [0.3, 0.4) is 0 Å². The highest BCUT2D eigenvalue weighted by molar-refractivity contribution is 5.80. The Labute approximate surface area is 163 Å². The van der Waals surface area contributed by atoms with Crippen molar-refractivity contribution in [2.45, 2.75) is 64.2 Å². The lowest BCUT2D eigenvalue weighted by molar-refractivity contribution is -0.0829. The molecule has 2 aliphatic rings. The molecule has 1 atom stereocenters. The van der Waals surface area contributed by atoms with E-state index in [1.54, 1.807) is 7.11 Å². The first-order chi connectivity index (χ1) is 12.8. The molecule has 2 fully saturated rings. The summed E-state index contributed by atoms with van der Waals surface area (Å²) in [5.41, 5.74) is -0.732. The van der Waals surface area contributed by atoms with Gasteiger partial charge in [-0.15, -0.1) is 0 Å². The van der Waals surface area contributed by atoms with Gasteiger partial charge >= 0.3 is 6.09 Å². The maximum Gasteiger partial charge on any atom is 0.407 e. The molecule has 0 spiro atoms. The van der Waals surface area contributed by atoms with E-state index in [0.29, 0.717) is 26.3 Å². The first-order valence-corrected chi connectivity index (χ1v) is 9.92. The van der Waals surface area contributed by atoms with Gasteiger partial charge in [0.15, 0.2) is 5.96 Å². The van der Waals surface area contributed by atoms with Crippen LogP contribution in [0.4, 0.5) is 4.79 Å². The van der Waals surface area contributed by atoms with Crippen LogP contribution >= 0.6 is 0 Å². The third-order valence-electron chi connectivity index (χ3n) is 4.90. The highest BCUT2D eigenvalue weighted by Gasteiger charge is 2.33. The molecular weight excluding hydrogens is 348 g/mol. The van der Waals surface area contributed by atoms with Crippen LogP contribution in [0.5, 0.6) is 0 Å². The molecule has 8 heteroatoms. The maximum atomic E-state index is 12.0. The minimum absolute atomic E-state index is 0.0585. The van der Waals surface area contributed by atoms with Crippen LogP contribution < -0.4 is 10.6 Å². The van der Waals surface area contributed by atoms with Crippen LogP contribution in [-0.4, -0.2) is 80.7 Å². The van der Waals surface area contributed by atoms with Crippen molar-refractivity contribution in [1.82, 2.24) is 15.5 Å². The van der Waals surface area contributed by atoms with Gasteiger partial charge in [-0.1, -0.05) is 0 Å². The molecule has 0 saturated carbocycles. The van der Waals surface area contributed by atoms with Gasteiger partial charge in [-0.05, 0) is 34.1 Å². The Hall–Kier alpha value is -1.54. The lowest BCUT2D eigenvalue weighted by atomic mass is 9.94. The minimum atomic E-state index is -0.489.